The first kappa shape index (κ1) is 41.3. The Morgan fingerprint density at radius 1 is 0.538 bits per heavy atom. The molecule has 3 aromatic rings. The fourth-order valence-electron chi connectivity index (χ4n) is 3.99. The van der Waals surface area contributed by atoms with Crippen LogP contribution in [0.1, 0.15) is 59.1 Å². The van der Waals surface area contributed by atoms with E-state index in [9.17, 15) is 38.4 Å². The molecule has 0 aliphatic carbocycles. The molecule has 0 aliphatic rings. The summed E-state index contributed by atoms with van der Waals surface area (Å²) in [5.74, 6) is -4.59. The van der Waals surface area contributed by atoms with E-state index < -0.39 is 41.8 Å². The van der Waals surface area contributed by atoms with Gasteiger partial charge in [0.2, 0.25) is 5.91 Å². The molecule has 3 aromatic carbocycles. The van der Waals surface area contributed by atoms with Gasteiger partial charge in [0.15, 0.2) is 34.5 Å². The van der Waals surface area contributed by atoms with E-state index in [0.717, 1.165) is 6.08 Å². The molecular weight excluding hydrogens is 686 g/mol. The molecule has 0 bridgehead atoms. The van der Waals surface area contributed by atoms with E-state index in [1.165, 1.54) is 96.1 Å². The lowest BCUT2D eigenvalue weighted by Crippen LogP contribution is -2.13. The second kappa shape index (κ2) is 20.0. The number of amides is 1. The monoisotopic (exact) mass is 721 g/mol. The molecule has 16 heteroatoms. The molecule has 274 valence electrons. The maximum Gasteiger partial charge on any atom is 0.328 e. The predicted octanol–water partition coefficient (Wildman–Crippen LogP) is 4.59. The molecule has 1 amide bonds. The van der Waals surface area contributed by atoms with Gasteiger partial charge in [0.1, 0.15) is 0 Å². The molecule has 0 aromatic heterocycles. The molecule has 0 radical (unpaired) electrons. The lowest BCUT2D eigenvalue weighted by atomic mass is 10.1. The van der Waals surface area contributed by atoms with Crippen molar-refractivity contribution in [2.75, 3.05) is 5.32 Å². The van der Waals surface area contributed by atoms with Crippen molar-refractivity contribution in [1.29, 1.82) is 0 Å². The van der Waals surface area contributed by atoms with E-state index >= 15 is 0 Å². The number of carboxylic acid groups (broad SMARTS) is 1. The summed E-state index contributed by atoms with van der Waals surface area (Å²) in [6.07, 6.45) is 2.63. The fraction of sp³-hybridized carbons (Fsp3) is 0.222. The zero-order valence-electron chi connectivity index (χ0n) is 28.9. The highest BCUT2D eigenvalue weighted by molar-refractivity contribution is 5.91. The Hall–Kier alpha value is -6.84. The van der Waals surface area contributed by atoms with Crippen molar-refractivity contribution in [2.24, 2.45) is 0 Å². The average Bonchev–Trinajstić information content (AvgIpc) is 3.01. The Labute approximate surface area is 297 Å². The van der Waals surface area contributed by atoms with Crippen LogP contribution >= 0.6 is 0 Å². The van der Waals surface area contributed by atoms with Crippen LogP contribution in [0.4, 0.5) is 5.69 Å². The summed E-state index contributed by atoms with van der Waals surface area (Å²) in [4.78, 5) is 89.7. The number of carbonyl (C=O) groups is 8. The summed E-state index contributed by atoms with van der Waals surface area (Å²) in [6.45, 7) is 7.27. The third-order valence-corrected chi connectivity index (χ3v) is 5.78. The summed E-state index contributed by atoms with van der Waals surface area (Å²) < 4.78 is 29.9. The molecular formula is C36H35NO15. The molecule has 0 saturated carbocycles. The first-order valence-corrected chi connectivity index (χ1v) is 15.1. The smallest absolute Gasteiger partial charge is 0.328 e. The topological polar surface area (TPSA) is 224 Å². The highest BCUT2D eigenvalue weighted by Crippen LogP contribution is 2.32. The molecule has 0 aliphatic heterocycles. The Balaban J connectivity index is 0.000000418. The predicted molar refractivity (Wildman–Crippen MR) is 181 cm³/mol. The third-order valence-electron chi connectivity index (χ3n) is 5.78. The molecule has 0 saturated heterocycles. The number of aliphatic carboxylic acids is 1. The zero-order valence-corrected chi connectivity index (χ0v) is 28.9. The van der Waals surface area contributed by atoms with Gasteiger partial charge in [-0.25, -0.2) is 4.79 Å². The second-order valence-corrected chi connectivity index (χ2v) is 10.4. The molecule has 52 heavy (non-hydrogen) atoms. The van der Waals surface area contributed by atoms with Crippen LogP contribution in [0.3, 0.4) is 0 Å². The Bertz CT molecular complexity index is 1890. The standard InChI is InChI=1S/C23H23NO9.C13H12O6/c1-13(25)30-19-8-5-17(11-21(19)32-15(3)27)6-10-23(29)24-18-7-9-20(31-14(2)26)22(12-18)33-16(4)28;1-8(14)18-11-5-3-10(4-6-13(16)17)7-12(11)19-9(2)15/h5,7-9,11-12H,6,10H2,1-4H3,(H,24,29);3-7H,1-2H3,(H,16,17). The van der Waals surface area contributed by atoms with Gasteiger partial charge in [-0.3, -0.25) is 33.6 Å². The Morgan fingerprint density at radius 3 is 1.40 bits per heavy atom. The maximum atomic E-state index is 12.4. The van der Waals surface area contributed by atoms with Crippen LogP contribution in [0, 0.1) is 0 Å². The highest BCUT2D eigenvalue weighted by atomic mass is 16.6. The third kappa shape index (κ3) is 15.6. The molecule has 16 nitrogen and oxygen atoms in total. The van der Waals surface area contributed by atoms with Crippen molar-refractivity contribution in [1.82, 2.24) is 0 Å². The van der Waals surface area contributed by atoms with Crippen LogP contribution in [0.2, 0.25) is 0 Å². The summed E-state index contributed by atoms with van der Waals surface area (Å²) in [5.41, 5.74) is 1.50. The van der Waals surface area contributed by atoms with Crippen molar-refractivity contribution in [3.8, 4) is 34.5 Å². The van der Waals surface area contributed by atoms with Crippen LogP contribution in [0.25, 0.3) is 6.08 Å². The van der Waals surface area contributed by atoms with E-state index in [1.807, 2.05) is 0 Å². The zero-order chi connectivity index (χ0) is 39.0. The van der Waals surface area contributed by atoms with Gasteiger partial charge in [0.05, 0.1) is 0 Å². The molecule has 0 heterocycles. The van der Waals surface area contributed by atoms with Gasteiger partial charge >= 0.3 is 41.8 Å². The molecule has 2 N–H and O–H groups in total. The summed E-state index contributed by atoms with van der Waals surface area (Å²) >= 11 is 0. The number of carboxylic acids is 1. The van der Waals surface area contributed by atoms with Crippen molar-refractivity contribution >= 4 is 59.5 Å². The highest BCUT2D eigenvalue weighted by Gasteiger charge is 2.15. The first-order valence-electron chi connectivity index (χ1n) is 15.1. The minimum Gasteiger partial charge on any atom is -0.478 e. The normalized spacial score (nSPS) is 10.1. The number of aryl methyl sites for hydroxylation is 1. The Kier molecular flexibility index (Phi) is 15.9. The van der Waals surface area contributed by atoms with Crippen LogP contribution < -0.4 is 33.7 Å². The summed E-state index contributed by atoms with van der Waals surface area (Å²) in [5, 5.41) is 11.2. The van der Waals surface area contributed by atoms with Crippen LogP contribution in [-0.2, 0) is 44.8 Å². The lowest BCUT2D eigenvalue weighted by molar-refractivity contribution is -0.134. The van der Waals surface area contributed by atoms with Crippen LogP contribution in [0.15, 0.2) is 60.7 Å². The van der Waals surface area contributed by atoms with Gasteiger partial charge in [-0.15, -0.1) is 0 Å². The lowest BCUT2D eigenvalue weighted by Gasteiger charge is -2.12. The number of esters is 6. The molecule has 0 spiro atoms. The number of benzene rings is 3. The SMILES string of the molecule is CC(=O)Oc1ccc(C=CC(=O)O)cc1OC(C)=O.CC(=O)Oc1ccc(CCC(=O)Nc2ccc(OC(C)=O)c(OC(C)=O)c2)cc1OC(C)=O. The number of nitrogens with one attached hydrogen (secondary N) is 1. The molecule has 3 rings (SSSR count). The largest absolute Gasteiger partial charge is 0.478 e. The fourth-order valence-corrected chi connectivity index (χ4v) is 3.99. The van der Waals surface area contributed by atoms with Crippen molar-refractivity contribution in [2.45, 2.75) is 54.4 Å². The molecule has 0 unspecified atom stereocenters. The van der Waals surface area contributed by atoms with Crippen LogP contribution in [0.5, 0.6) is 34.5 Å². The number of rotatable bonds is 12. The number of carbonyl (C=O) groups excluding carboxylic acids is 7. The number of hydrogen-bond donors (Lipinski definition) is 2. The van der Waals surface area contributed by atoms with Crippen molar-refractivity contribution in [3.63, 3.8) is 0 Å². The van der Waals surface area contributed by atoms with Gasteiger partial charge < -0.3 is 38.8 Å². The average molecular weight is 722 g/mol. The van der Waals surface area contributed by atoms with Gasteiger partial charge in [0.25, 0.3) is 0 Å². The van der Waals surface area contributed by atoms with Crippen molar-refractivity contribution < 1.29 is 71.9 Å². The second-order valence-electron chi connectivity index (χ2n) is 10.4. The first-order chi connectivity index (χ1) is 24.4. The number of hydrogen-bond acceptors (Lipinski definition) is 14. The minimum absolute atomic E-state index is 0.0115. The van der Waals surface area contributed by atoms with E-state index in [0.29, 0.717) is 23.2 Å². The minimum atomic E-state index is -1.10. The van der Waals surface area contributed by atoms with Gasteiger partial charge in [-0.2, -0.15) is 0 Å². The molecule has 0 fully saturated rings. The van der Waals surface area contributed by atoms with Gasteiger partial charge in [-0.1, -0.05) is 12.1 Å². The van der Waals surface area contributed by atoms with Crippen LogP contribution in [-0.4, -0.2) is 52.8 Å². The van der Waals surface area contributed by atoms with E-state index in [1.54, 1.807) is 6.07 Å². The van der Waals surface area contributed by atoms with E-state index in [2.05, 4.69) is 5.32 Å². The van der Waals surface area contributed by atoms with E-state index in [4.69, 9.17) is 33.5 Å². The maximum absolute atomic E-state index is 12.4. The summed E-state index contributed by atoms with van der Waals surface area (Å²) in [6, 6.07) is 13.2. The van der Waals surface area contributed by atoms with Crippen molar-refractivity contribution in [3.05, 3.63) is 71.8 Å². The molecule has 0 atom stereocenters. The Morgan fingerprint density at radius 2 is 0.942 bits per heavy atom. The van der Waals surface area contributed by atoms with Gasteiger partial charge in [-0.05, 0) is 60.0 Å². The number of ether oxygens (including phenoxy) is 6. The van der Waals surface area contributed by atoms with Gasteiger partial charge in [0, 0.05) is 65.8 Å². The number of anilines is 1. The van der Waals surface area contributed by atoms with E-state index in [-0.39, 0.29) is 46.8 Å². The summed E-state index contributed by atoms with van der Waals surface area (Å²) in [7, 11) is 0. The quantitative estimate of drug-likeness (QED) is 0.148.